The first kappa shape index (κ1) is 36.4. The van der Waals surface area contributed by atoms with Crippen molar-refractivity contribution >= 4 is 51.9 Å². The number of aromatic hydroxyl groups is 1. The fourth-order valence-electron chi connectivity index (χ4n) is 6.57. The molecule has 0 bridgehead atoms. The summed E-state index contributed by atoms with van der Waals surface area (Å²) < 4.78 is 39.8. The minimum absolute atomic E-state index is 0.0360. The molecular formula is C35H32ClF3N10O5. The second-order valence-electron chi connectivity index (χ2n) is 12.7. The van der Waals surface area contributed by atoms with Crippen molar-refractivity contribution in [1.82, 2.24) is 40.1 Å². The number of hydrogen-bond acceptors (Lipinski definition) is 11. The van der Waals surface area contributed by atoms with E-state index in [1.54, 1.807) is 36.9 Å². The number of hydrogen-bond donors (Lipinski definition) is 4. The van der Waals surface area contributed by atoms with Crippen molar-refractivity contribution in [2.24, 2.45) is 4.99 Å². The molecule has 5 heterocycles. The zero-order valence-corrected chi connectivity index (χ0v) is 29.5. The first-order chi connectivity index (χ1) is 25.7. The number of benzene rings is 2. The highest BCUT2D eigenvalue weighted by Crippen LogP contribution is 2.36. The molecule has 3 aliphatic rings. The number of H-pyrrole nitrogens is 1. The zero-order valence-electron chi connectivity index (χ0n) is 28.7. The summed E-state index contributed by atoms with van der Waals surface area (Å²) in [5, 5.41) is 14.6. The zero-order chi connectivity index (χ0) is 38.5. The molecule has 4 aromatic rings. The number of carbonyl (C=O) groups excluding carboxylic acids is 3. The number of allylic oxidation sites excluding steroid dienone is 1. The summed E-state index contributed by atoms with van der Waals surface area (Å²) in [6, 6.07) is 10.9. The Morgan fingerprint density at radius 3 is 2.50 bits per heavy atom. The monoisotopic (exact) mass is 764 g/mol. The number of fused-ring (bicyclic) bond motifs is 2. The highest BCUT2D eigenvalue weighted by molar-refractivity contribution is 6.33. The number of aliphatic imine (C=N–C) groups is 1. The minimum atomic E-state index is -4.63. The third-order valence-corrected chi connectivity index (χ3v) is 9.62. The summed E-state index contributed by atoms with van der Waals surface area (Å²) in [6.07, 6.45) is -3.95. The molecule has 1 saturated heterocycles. The Morgan fingerprint density at radius 2 is 1.80 bits per heavy atom. The summed E-state index contributed by atoms with van der Waals surface area (Å²) in [6.45, 7) is 3.76. The molecule has 3 aliphatic heterocycles. The Labute approximate surface area is 309 Å². The molecule has 1 fully saturated rings. The number of piperazine rings is 1. The van der Waals surface area contributed by atoms with Crippen LogP contribution in [0.3, 0.4) is 0 Å². The van der Waals surface area contributed by atoms with E-state index in [0.29, 0.717) is 16.8 Å². The molecule has 3 amide bonds. The number of aromatic nitrogens is 3. The average molecular weight is 765 g/mol. The highest BCUT2D eigenvalue weighted by atomic mass is 35.5. The quantitative estimate of drug-likeness (QED) is 0.217. The smallest absolute Gasteiger partial charge is 0.416 e. The van der Waals surface area contributed by atoms with Gasteiger partial charge < -0.3 is 30.1 Å². The number of aryl methyl sites for hydroxylation is 1. The van der Waals surface area contributed by atoms with Crippen molar-refractivity contribution in [3.63, 3.8) is 0 Å². The van der Waals surface area contributed by atoms with Crippen molar-refractivity contribution in [1.29, 1.82) is 0 Å². The van der Waals surface area contributed by atoms with Crippen molar-refractivity contribution < 1.29 is 32.7 Å². The SMILES string of the molecule is CCC1=C(N2CCN(C(=O)c3ncnc(C)c3O)CC2)C(=O)N2NC(c3ccc4[nH]c(=O)ccc4c3)N=C2N1CC(=O)Nc1ccc(C(F)(F)F)cc1Cl. The van der Waals surface area contributed by atoms with E-state index in [2.05, 4.69) is 25.7 Å². The molecule has 0 aliphatic carbocycles. The summed E-state index contributed by atoms with van der Waals surface area (Å²) >= 11 is 6.14. The molecule has 0 spiro atoms. The first-order valence-corrected chi connectivity index (χ1v) is 17.1. The van der Waals surface area contributed by atoms with E-state index in [4.69, 9.17) is 16.6 Å². The van der Waals surface area contributed by atoms with Gasteiger partial charge in [0.15, 0.2) is 11.4 Å². The topological polar surface area (TPSA) is 179 Å². The maximum atomic E-state index is 14.4. The summed E-state index contributed by atoms with van der Waals surface area (Å²) in [4.78, 5) is 73.4. The number of amides is 3. The van der Waals surface area contributed by atoms with Gasteiger partial charge in [0.05, 0.1) is 27.7 Å². The van der Waals surface area contributed by atoms with Gasteiger partial charge in [-0.25, -0.2) is 20.0 Å². The van der Waals surface area contributed by atoms with Crippen LogP contribution >= 0.6 is 11.6 Å². The molecule has 2 aromatic heterocycles. The van der Waals surface area contributed by atoms with Crippen LogP contribution in [-0.4, -0.2) is 96.2 Å². The van der Waals surface area contributed by atoms with Crippen LogP contribution < -0.4 is 16.3 Å². The molecule has 1 unspecified atom stereocenters. The van der Waals surface area contributed by atoms with Gasteiger partial charge in [-0.2, -0.15) is 18.6 Å². The summed E-state index contributed by atoms with van der Waals surface area (Å²) in [5.74, 6) is -1.78. The Morgan fingerprint density at radius 1 is 1.04 bits per heavy atom. The van der Waals surface area contributed by atoms with Gasteiger partial charge in [0.1, 0.15) is 24.7 Å². The lowest BCUT2D eigenvalue weighted by atomic mass is 10.1. The fraction of sp³-hybridized carbons (Fsp3) is 0.286. The largest absolute Gasteiger partial charge is 0.504 e. The van der Waals surface area contributed by atoms with Crippen LogP contribution in [0.15, 0.2) is 76.0 Å². The number of rotatable bonds is 7. The lowest BCUT2D eigenvalue weighted by Gasteiger charge is -2.43. The predicted molar refractivity (Wildman–Crippen MR) is 190 cm³/mol. The third kappa shape index (κ3) is 6.80. The Hall–Kier alpha value is -6.01. The number of hydrazine groups is 1. The van der Waals surface area contributed by atoms with Crippen LogP contribution in [0.1, 0.15) is 46.8 Å². The number of alkyl halides is 3. The van der Waals surface area contributed by atoms with E-state index >= 15 is 0 Å². The van der Waals surface area contributed by atoms with Crippen LogP contribution in [0, 0.1) is 6.92 Å². The average Bonchev–Trinajstić information content (AvgIpc) is 3.60. The Bertz CT molecular complexity index is 2320. The van der Waals surface area contributed by atoms with Crippen LogP contribution in [0.5, 0.6) is 5.75 Å². The van der Waals surface area contributed by atoms with Crippen LogP contribution in [0.4, 0.5) is 18.9 Å². The molecule has 4 N–H and O–H groups in total. The predicted octanol–water partition coefficient (Wildman–Crippen LogP) is 3.74. The van der Waals surface area contributed by atoms with E-state index in [0.717, 1.165) is 23.6 Å². The van der Waals surface area contributed by atoms with Gasteiger partial charge in [-0.1, -0.05) is 24.6 Å². The molecule has 280 valence electrons. The van der Waals surface area contributed by atoms with Gasteiger partial charge >= 0.3 is 6.18 Å². The second kappa shape index (κ2) is 14.1. The molecule has 19 heteroatoms. The number of aromatic amines is 1. The van der Waals surface area contributed by atoms with Crippen LogP contribution in [0.2, 0.25) is 5.02 Å². The number of carbonyl (C=O) groups is 3. The Balaban J connectivity index is 1.19. The van der Waals surface area contributed by atoms with Crippen LogP contribution in [0.25, 0.3) is 10.9 Å². The fourth-order valence-corrected chi connectivity index (χ4v) is 6.79. The van der Waals surface area contributed by atoms with Gasteiger partial charge in [-0.3, -0.25) is 19.2 Å². The minimum Gasteiger partial charge on any atom is -0.504 e. The normalized spacial score (nSPS) is 17.6. The van der Waals surface area contributed by atoms with Crippen molar-refractivity contribution in [2.75, 3.05) is 38.0 Å². The molecule has 1 atom stereocenters. The van der Waals surface area contributed by atoms with E-state index < -0.39 is 42.2 Å². The first-order valence-electron chi connectivity index (χ1n) is 16.8. The number of guanidine groups is 1. The summed E-state index contributed by atoms with van der Waals surface area (Å²) in [7, 11) is 0. The number of anilines is 1. The molecule has 54 heavy (non-hydrogen) atoms. The maximum Gasteiger partial charge on any atom is 0.416 e. The Kier molecular flexibility index (Phi) is 9.48. The lowest BCUT2D eigenvalue weighted by Crippen LogP contribution is -2.59. The molecule has 0 saturated carbocycles. The van der Waals surface area contributed by atoms with E-state index in [9.17, 15) is 37.5 Å². The van der Waals surface area contributed by atoms with Gasteiger partial charge in [0.25, 0.3) is 11.8 Å². The van der Waals surface area contributed by atoms with Crippen LogP contribution in [-0.2, 0) is 15.8 Å². The van der Waals surface area contributed by atoms with Gasteiger partial charge in [-0.05, 0) is 60.7 Å². The molecule has 7 rings (SSSR count). The number of nitrogens with zero attached hydrogens (tertiary/aromatic N) is 7. The van der Waals surface area contributed by atoms with Gasteiger partial charge in [0, 0.05) is 37.8 Å². The molecule has 15 nitrogen and oxygen atoms in total. The van der Waals surface area contributed by atoms with Crippen molar-refractivity contribution in [3.05, 3.63) is 104 Å². The van der Waals surface area contributed by atoms with Crippen molar-refractivity contribution in [3.8, 4) is 5.75 Å². The molecule has 2 aromatic carbocycles. The number of halogens is 4. The van der Waals surface area contributed by atoms with Gasteiger partial charge in [-0.15, -0.1) is 0 Å². The van der Waals surface area contributed by atoms with E-state index in [1.165, 1.54) is 22.3 Å². The standard InChI is InChI=1S/C35H32ClF3N10O5/c1-3-25-29(46-10-12-47(13-11-46)32(53)28-30(52)18(2)40-17-41-28)33(54)49-34(44-31(45-49)20-4-7-23-19(14-20)5-9-26(50)42-23)48(25)16-27(51)43-24-8-6-21(15-22(24)36)35(37,38)39/h4-9,14-15,17,31,45,52H,3,10-13,16H2,1-2H3,(H,42,50)(H,43,51). The highest BCUT2D eigenvalue weighted by Gasteiger charge is 2.45. The number of pyridine rings is 1. The second-order valence-corrected chi connectivity index (χ2v) is 13.1. The summed E-state index contributed by atoms with van der Waals surface area (Å²) in [5.41, 5.74) is 3.96. The van der Waals surface area contributed by atoms with Crippen molar-refractivity contribution in [2.45, 2.75) is 32.6 Å². The maximum absolute atomic E-state index is 14.4. The van der Waals surface area contributed by atoms with Gasteiger partial charge in [0.2, 0.25) is 17.4 Å². The number of nitrogens with one attached hydrogen (secondary N) is 3. The third-order valence-electron chi connectivity index (χ3n) is 9.30. The lowest BCUT2D eigenvalue weighted by molar-refractivity contribution is -0.137. The van der Waals surface area contributed by atoms with E-state index in [1.807, 2.05) is 11.0 Å². The molecular weight excluding hydrogens is 733 g/mol. The molecule has 0 radical (unpaired) electrons. The van der Waals surface area contributed by atoms with E-state index in [-0.39, 0.29) is 77.7 Å².